The van der Waals surface area contributed by atoms with E-state index in [0.717, 1.165) is 31.2 Å². The van der Waals surface area contributed by atoms with Gasteiger partial charge in [-0.1, -0.05) is 43.7 Å². The molecule has 2 rings (SSSR count). The maximum absolute atomic E-state index is 13.2. The third-order valence-electron chi connectivity index (χ3n) is 5.03. The third-order valence-corrected chi connectivity index (χ3v) is 5.03. The van der Waals surface area contributed by atoms with Gasteiger partial charge in [-0.3, -0.25) is 14.4 Å². The lowest BCUT2D eigenvalue weighted by Gasteiger charge is -2.34. The first-order chi connectivity index (χ1) is 13.5. The summed E-state index contributed by atoms with van der Waals surface area (Å²) in [6.45, 7) is 5.11. The molecular weight excluding hydrogens is 356 g/mol. The van der Waals surface area contributed by atoms with E-state index in [4.69, 9.17) is 4.74 Å². The average molecular weight is 389 g/mol. The van der Waals surface area contributed by atoms with Crippen LogP contribution in [0.4, 0.5) is 0 Å². The summed E-state index contributed by atoms with van der Waals surface area (Å²) in [4.78, 5) is 39.3. The van der Waals surface area contributed by atoms with E-state index in [0.29, 0.717) is 32.5 Å². The van der Waals surface area contributed by atoms with Crippen LogP contribution in [0.25, 0.3) is 0 Å². The fourth-order valence-electron chi connectivity index (χ4n) is 3.50. The second kappa shape index (κ2) is 11.5. The van der Waals surface area contributed by atoms with Crippen molar-refractivity contribution in [1.29, 1.82) is 0 Å². The van der Waals surface area contributed by atoms with Gasteiger partial charge in [0.15, 0.2) is 0 Å². The van der Waals surface area contributed by atoms with Crippen molar-refractivity contribution in [3.8, 4) is 0 Å². The third kappa shape index (κ3) is 6.66. The van der Waals surface area contributed by atoms with Gasteiger partial charge in [-0.05, 0) is 31.7 Å². The Bertz CT molecular complexity index is 647. The maximum atomic E-state index is 13.2. The molecule has 2 amide bonds. The predicted molar refractivity (Wildman–Crippen MR) is 108 cm³/mol. The van der Waals surface area contributed by atoms with Crippen molar-refractivity contribution in [2.75, 3.05) is 19.7 Å². The standard InChI is InChI=1S/C22H32N2O4/c1-3-5-13-20(25)23-19(15-17-10-7-6-8-11-17)21(26)24-14-9-12-18(16-24)22(27)28-4-2/h6-8,10-11,18-19H,3-5,9,12-16H2,1-2H3,(H,23,25). The highest BCUT2D eigenvalue weighted by molar-refractivity contribution is 5.88. The lowest BCUT2D eigenvalue weighted by molar-refractivity contribution is -0.152. The zero-order chi connectivity index (χ0) is 20.4. The van der Waals surface area contributed by atoms with Crippen LogP contribution in [0.15, 0.2) is 30.3 Å². The minimum atomic E-state index is -0.618. The summed E-state index contributed by atoms with van der Waals surface area (Å²) in [6, 6.07) is 9.06. The molecule has 2 unspecified atom stereocenters. The zero-order valence-electron chi connectivity index (χ0n) is 17.0. The molecule has 1 aliphatic rings. The summed E-state index contributed by atoms with van der Waals surface area (Å²) >= 11 is 0. The molecule has 0 aliphatic carbocycles. The molecular formula is C22H32N2O4. The molecule has 1 aromatic rings. The molecule has 1 heterocycles. The number of hydrogen-bond donors (Lipinski definition) is 1. The lowest BCUT2D eigenvalue weighted by atomic mass is 9.96. The zero-order valence-corrected chi connectivity index (χ0v) is 17.0. The number of nitrogens with zero attached hydrogens (tertiary/aromatic N) is 1. The van der Waals surface area contributed by atoms with Crippen LogP contribution < -0.4 is 5.32 Å². The molecule has 6 heteroatoms. The lowest BCUT2D eigenvalue weighted by Crippen LogP contribution is -2.53. The van der Waals surface area contributed by atoms with E-state index in [2.05, 4.69) is 5.32 Å². The van der Waals surface area contributed by atoms with Gasteiger partial charge in [0.2, 0.25) is 11.8 Å². The average Bonchev–Trinajstić information content (AvgIpc) is 2.72. The Labute approximate surface area is 167 Å². The molecule has 0 radical (unpaired) electrons. The Morgan fingerprint density at radius 3 is 2.64 bits per heavy atom. The summed E-state index contributed by atoms with van der Waals surface area (Å²) in [5.41, 5.74) is 0.996. The summed E-state index contributed by atoms with van der Waals surface area (Å²) < 4.78 is 5.13. The number of amides is 2. The first-order valence-corrected chi connectivity index (χ1v) is 10.3. The van der Waals surface area contributed by atoms with E-state index in [1.807, 2.05) is 37.3 Å². The largest absolute Gasteiger partial charge is 0.466 e. The fourth-order valence-corrected chi connectivity index (χ4v) is 3.50. The first-order valence-electron chi connectivity index (χ1n) is 10.3. The Hall–Kier alpha value is -2.37. The monoisotopic (exact) mass is 388 g/mol. The number of ether oxygens (including phenoxy) is 1. The van der Waals surface area contributed by atoms with Crippen molar-refractivity contribution in [3.63, 3.8) is 0 Å². The van der Waals surface area contributed by atoms with E-state index in [1.165, 1.54) is 0 Å². The van der Waals surface area contributed by atoms with Gasteiger partial charge in [0.25, 0.3) is 0 Å². The molecule has 1 saturated heterocycles. The van der Waals surface area contributed by atoms with Crippen molar-refractivity contribution < 1.29 is 19.1 Å². The van der Waals surface area contributed by atoms with Gasteiger partial charge in [0.05, 0.1) is 12.5 Å². The highest BCUT2D eigenvalue weighted by Crippen LogP contribution is 2.19. The van der Waals surface area contributed by atoms with E-state index >= 15 is 0 Å². The SMILES string of the molecule is CCCCC(=O)NC(Cc1ccccc1)C(=O)N1CCCC(C(=O)OCC)C1. The minimum absolute atomic E-state index is 0.102. The summed E-state index contributed by atoms with van der Waals surface area (Å²) in [7, 11) is 0. The summed E-state index contributed by atoms with van der Waals surface area (Å²) in [5.74, 6) is -0.754. The molecule has 6 nitrogen and oxygen atoms in total. The number of carbonyl (C=O) groups excluding carboxylic acids is 3. The molecule has 1 fully saturated rings. The highest BCUT2D eigenvalue weighted by atomic mass is 16.5. The van der Waals surface area contributed by atoms with Crippen molar-refractivity contribution in [2.24, 2.45) is 5.92 Å². The normalized spacial score (nSPS) is 17.6. The number of hydrogen-bond acceptors (Lipinski definition) is 4. The number of rotatable bonds is 9. The van der Waals surface area contributed by atoms with Gasteiger partial charge in [0, 0.05) is 25.9 Å². The molecule has 1 aliphatic heterocycles. The Kier molecular flexibility index (Phi) is 8.98. The topological polar surface area (TPSA) is 75.7 Å². The minimum Gasteiger partial charge on any atom is -0.466 e. The number of piperidine rings is 1. The van der Waals surface area contributed by atoms with E-state index in [1.54, 1.807) is 11.8 Å². The van der Waals surface area contributed by atoms with Gasteiger partial charge >= 0.3 is 5.97 Å². The van der Waals surface area contributed by atoms with Gasteiger partial charge in [-0.2, -0.15) is 0 Å². The van der Waals surface area contributed by atoms with Crippen molar-refractivity contribution in [1.82, 2.24) is 10.2 Å². The molecule has 154 valence electrons. The van der Waals surface area contributed by atoms with Crippen LogP contribution in [0.3, 0.4) is 0 Å². The number of esters is 1. The van der Waals surface area contributed by atoms with Crippen LogP contribution >= 0.6 is 0 Å². The van der Waals surface area contributed by atoms with Crippen LogP contribution in [-0.2, 0) is 25.5 Å². The molecule has 1 aromatic carbocycles. The highest BCUT2D eigenvalue weighted by Gasteiger charge is 2.33. The number of benzene rings is 1. The van der Waals surface area contributed by atoms with Crippen LogP contribution in [0.2, 0.25) is 0 Å². The number of carbonyl (C=O) groups is 3. The molecule has 2 atom stereocenters. The molecule has 28 heavy (non-hydrogen) atoms. The van der Waals surface area contributed by atoms with Crippen molar-refractivity contribution >= 4 is 17.8 Å². The number of unbranched alkanes of at least 4 members (excludes halogenated alkanes) is 1. The van der Waals surface area contributed by atoms with Gasteiger partial charge < -0.3 is 15.0 Å². The van der Waals surface area contributed by atoms with Crippen molar-refractivity contribution in [2.45, 2.75) is 58.4 Å². The van der Waals surface area contributed by atoms with E-state index in [9.17, 15) is 14.4 Å². The molecule has 0 aromatic heterocycles. The molecule has 1 N–H and O–H groups in total. The van der Waals surface area contributed by atoms with Gasteiger partial charge in [-0.15, -0.1) is 0 Å². The van der Waals surface area contributed by atoms with Gasteiger partial charge in [-0.25, -0.2) is 0 Å². The van der Waals surface area contributed by atoms with Crippen LogP contribution in [0.5, 0.6) is 0 Å². The van der Waals surface area contributed by atoms with E-state index < -0.39 is 6.04 Å². The van der Waals surface area contributed by atoms with Crippen LogP contribution in [0, 0.1) is 5.92 Å². The fraction of sp³-hybridized carbons (Fsp3) is 0.591. The second-order valence-electron chi connectivity index (χ2n) is 7.29. The molecule has 0 spiro atoms. The predicted octanol–water partition coefficient (Wildman–Crippen LogP) is 2.71. The van der Waals surface area contributed by atoms with Gasteiger partial charge in [0.1, 0.15) is 6.04 Å². The summed E-state index contributed by atoms with van der Waals surface area (Å²) in [6.07, 6.45) is 4.08. The maximum Gasteiger partial charge on any atom is 0.310 e. The first kappa shape index (κ1) is 21.9. The van der Waals surface area contributed by atoms with Crippen molar-refractivity contribution in [3.05, 3.63) is 35.9 Å². The Morgan fingerprint density at radius 1 is 1.21 bits per heavy atom. The Balaban J connectivity index is 2.08. The smallest absolute Gasteiger partial charge is 0.310 e. The van der Waals surface area contributed by atoms with Crippen LogP contribution in [-0.4, -0.2) is 48.4 Å². The Morgan fingerprint density at radius 2 is 1.96 bits per heavy atom. The van der Waals surface area contributed by atoms with E-state index in [-0.39, 0.29) is 23.7 Å². The van der Waals surface area contributed by atoms with Crippen LogP contribution in [0.1, 0.15) is 51.5 Å². The number of nitrogens with one attached hydrogen (secondary N) is 1. The summed E-state index contributed by atoms with van der Waals surface area (Å²) in [5, 5.41) is 2.92. The second-order valence-corrected chi connectivity index (χ2v) is 7.29. The quantitative estimate of drug-likeness (QED) is 0.660. The molecule has 0 bridgehead atoms. The number of likely N-dealkylation sites (tertiary alicyclic amines) is 1. The molecule has 0 saturated carbocycles.